The van der Waals surface area contributed by atoms with Crippen molar-refractivity contribution in [2.75, 3.05) is 19.5 Å². The Kier molecular flexibility index (Phi) is 7.73. The second-order valence-corrected chi connectivity index (χ2v) is 10.3. The van der Waals surface area contributed by atoms with E-state index in [1.165, 1.54) is 12.0 Å². The van der Waals surface area contributed by atoms with Gasteiger partial charge < -0.3 is 19.7 Å². The monoisotopic (exact) mass is 517 g/mol. The van der Waals surface area contributed by atoms with Crippen molar-refractivity contribution >= 4 is 29.1 Å². The van der Waals surface area contributed by atoms with E-state index in [1.54, 1.807) is 25.3 Å². The number of ketones is 1. The molecule has 36 heavy (non-hydrogen) atoms. The number of amides is 1. The molecule has 7 nitrogen and oxygen atoms in total. The van der Waals surface area contributed by atoms with Gasteiger partial charge in [0.15, 0.2) is 17.4 Å². The summed E-state index contributed by atoms with van der Waals surface area (Å²) in [4.78, 5) is 32.1. The van der Waals surface area contributed by atoms with Gasteiger partial charge in [0.2, 0.25) is 0 Å². The zero-order valence-corrected chi connectivity index (χ0v) is 22.1. The predicted octanol–water partition coefficient (Wildman–Crippen LogP) is 5.49. The lowest BCUT2D eigenvalue weighted by molar-refractivity contribution is -0.124. The van der Waals surface area contributed by atoms with Crippen LogP contribution >= 0.6 is 11.6 Å². The molecule has 0 spiro atoms. The second kappa shape index (κ2) is 10.6. The van der Waals surface area contributed by atoms with Gasteiger partial charge in [0, 0.05) is 29.7 Å². The topological polar surface area (TPSA) is 80.8 Å². The minimum absolute atomic E-state index is 0.0374. The number of hydrogen-bond acceptors (Lipinski definition) is 6. The van der Waals surface area contributed by atoms with Crippen LogP contribution in [-0.4, -0.2) is 41.8 Å². The van der Waals surface area contributed by atoms with Crippen LogP contribution in [0.1, 0.15) is 61.5 Å². The van der Waals surface area contributed by atoms with Gasteiger partial charge >= 0.3 is 0 Å². The molecule has 4 unspecified atom stereocenters. The van der Waals surface area contributed by atoms with E-state index in [1.807, 2.05) is 6.92 Å². The predicted molar refractivity (Wildman–Crippen MR) is 136 cm³/mol. The van der Waals surface area contributed by atoms with E-state index in [0.29, 0.717) is 23.8 Å². The van der Waals surface area contributed by atoms with E-state index in [4.69, 9.17) is 21.1 Å². The molecule has 2 aromatic rings. The maximum absolute atomic E-state index is 15.7. The van der Waals surface area contributed by atoms with Crippen LogP contribution in [-0.2, 0) is 17.9 Å². The zero-order valence-electron chi connectivity index (χ0n) is 21.4. The standard InChI is InChI=1S/C27H33ClFN3O4/c1-6-18-15(3)9-14(2)10-20(24(18)33)30-26-23(29)19-13-32(27(34)22(19)25(28)31-26)12-16-7-8-17(35-4)11-21(16)36-5/h7-8,11,14-15,18,20H,6,9-10,12-13H2,1-5H3,(H,30,31). The molecule has 0 saturated heterocycles. The van der Waals surface area contributed by atoms with Crippen LogP contribution in [0.15, 0.2) is 18.2 Å². The first kappa shape index (κ1) is 26.2. The highest BCUT2D eigenvalue weighted by Gasteiger charge is 2.38. The van der Waals surface area contributed by atoms with Crippen LogP contribution < -0.4 is 14.8 Å². The molecule has 1 saturated carbocycles. The van der Waals surface area contributed by atoms with Gasteiger partial charge in [-0.3, -0.25) is 9.59 Å². The summed E-state index contributed by atoms with van der Waals surface area (Å²) >= 11 is 6.41. The minimum Gasteiger partial charge on any atom is -0.497 e. The Bertz CT molecular complexity index is 1170. The molecule has 2 aliphatic rings. The normalized spacial score (nSPS) is 23.9. The SMILES string of the molecule is CCC1C(=O)C(Nc2nc(Cl)c3c(c2F)CN(Cc2ccc(OC)cc2OC)C3=O)CC(C)CC1C. The molecular weight excluding hydrogens is 485 g/mol. The molecule has 9 heteroatoms. The molecule has 1 fully saturated rings. The Balaban J connectivity index is 1.60. The highest BCUT2D eigenvalue weighted by molar-refractivity contribution is 6.33. The van der Waals surface area contributed by atoms with Crippen LogP contribution in [0, 0.1) is 23.6 Å². The van der Waals surface area contributed by atoms with Gasteiger partial charge in [-0.2, -0.15) is 0 Å². The van der Waals surface area contributed by atoms with Crippen molar-refractivity contribution in [2.24, 2.45) is 17.8 Å². The number of ether oxygens (including phenoxy) is 2. The number of halogens is 2. The van der Waals surface area contributed by atoms with Gasteiger partial charge in [-0.25, -0.2) is 9.37 Å². The molecule has 1 amide bonds. The first-order chi connectivity index (χ1) is 17.2. The lowest BCUT2D eigenvalue weighted by Crippen LogP contribution is -2.36. The fourth-order valence-corrected chi connectivity index (χ4v) is 5.91. The molecule has 4 rings (SSSR count). The van der Waals surface area contributed by atoms with Crippen LogP contribution in [0.25, 0.3) is 0 Å². The average Bonchev–Trinajstić information content (AvgIpc) is 3.13. The number of benzene rings is 1. The molecule has 1 aliphatic carbocycles. The highest BCUT2D eigenvalue weighted by Crippen LogP contribution is 2.37. The summed E-state index contributed by atoms with van der Waals surface area (Å²) in [6, 6.07) is 4.76. The molecule has 0 bridgehead atoms. The van der Waals surface area contributed by atoms with Crippen LogP contribution in [0.3, 0.4) is 0 Å². The Morgan fingerprint density at radius 1 is 1.19 bits per heavy atom. The Morgan fingerprint density at radius 3 is 2.61 bits per heavy atom. The summed E-state index contributed by atoms with van der Waals surface area (Å²) in [6.45, 7) is 6.47. The van der Waals surface area contributed by atoms with E-state index in [9.17, 15) is 9.59 Å². The number of carbonyl (C=O) groups is 2. The highest BCUT2D eigenvalue weighted by atomic mass is 35.5. The second-order valence-electron chi connectivity index (χ2n) is 9.93. The maximum atomic E-state index is 15.7. The number of nitrogens with one attached hydrogen (secondary N) is 1. The van der Waals surface area contributed by atoms with Crippen LogP contribution in [0.5, 0.6) is 11.5 Å². The third kappa shape index (κ3) is 4.88. The van der Waals surface area contributed by atoms with Gasteiger partial charge in [-0.15, -0.1) is 0 Å². The number of aromatic nitrogens is 1. The molecular formula is C27H33ClFN3O4. The third-order valence-electron chi connectivity index (χ3n) is 7.46. The van der Waals surface area contributed by atoms with E-state index in [2.05, 4.69) is 24.1 Å². The van der Waals surface area contributed by atoms with Crippen molar-refractivity contribution in [3.05, 3.63) is 45.9 Å². The van der Waals surface area contributed by atoms with E-state index < -0.39 is 17.8 Å². The van der Waals surface area contributed by atoms with E-state index in [-0.39, 0.29) is 52.8 Å². The molecule has 1 aliphatic heterocycles. The number of nitrogens with zero attached hydrogens (tertiary/aromatic N) is 2. The van der Waals surface area contributed by atoms with Crippen molar-refractivity contribution in [2.45, 2.75) is 59.2 Å². The third-order valence-corrected chi connectivity index (χ3v) is 7.73. The summed E-state index contributed by atoms with van der Waals surface area (Å²) in [5, 5.41) is 2.98. The molecule has 194 valence electrons. The van der Waals surface area contributed by atoms with Crippen molar-refractivity contribution in [1.82, 2.24) is 9.88 Å². The van der Waals surface area contributed by atoms with Crippen LogP contribution in [0.4, 0.5) is 10.2 Å². The molecule has 4 atom stereocenters. The fraction of sp³-hybridized carbons (Fsp3) is 0.519. The van der Waals surface area contributed by atoms with Crippen molar-refractivity contribution in [3.63, 3.8) is 0 Å². The average molecular weight is 518 g/mol. The van der Waals surface area contributed by atoms with Gasteiger partial charge in [-0.05, 0) is 43.2 Å². The Morgan fingerprint density at radius 2 is 1.94 bits per heavy atom. The maximum Gasteiger partial charge on any atom is 0.258 e. The van der Waals surface area contributed by atoms with Gasteiger partial charge in [0.25, 0.3) is 5.91 Å². The summed E-state index contributed by atoms with van der Waals surface area (Å²) in [7, 11) is 3.10. The molecule has 0 radical (unpaired) electrons. The number of methoxy groups -OCH3 is 2. The first-order valence-electron chi connectivity index (χ1n) is 12.4. The molecule has 1 aromatic heterocycles. The number of pyridine rings is 1. The molecule has 1 aromatic carbocycles. The quantitative estimate of drug-likeness (QED) is 0.386. The summed E-state index contributed by atoms with van der Waals surface area (Å²) in [5.74, 6) is 0.643. The van der Waals surface area contributed by atoms with Gasteiger partial charge in [0.1, 0.15) is 16.7 Å². The van der Waals surface area contributed by atoms with Gasteiger partial charge in [-0.1, -0.05) is 32.4 Å². The number of rotatable bonds is 7. The van der Waals surface area contributed by atoms with Gasteiger partial charge in [0.05, 0.1) is 32.4 Å². The Labute approximate surface area is 216 Å². The number of Topliss-reactive ketones (excluding diaryl/α,β-unsaturated/α-hetero) is 1. The lowest BCUT2D eigenvalue weighted by Gasteiger charge is -2.23. The van der Waals surface area contributed by atoms with Crippen molar-refractivity contribution < 1.29 is 23.5 Å². The number of anilines is 1. The van der Waals surface area contributed by atoms with Crippen LogP contribution in [0.2, 0.25) is 5.15 Å². The fourth-order valence-electron chi connectivity index (χ4n) is 5.63. The van der Waals surface area contributed by atoms with E-state index in [0.717, 1.165) is 18.4 Å². The van der Waals surface area contributed by atoms with E-state index >= 15 is 4.39 Å². The number of carbonyl (C=O) groups excluding carboxylic acids is 2. The zero-order chi connectivity index (χ0) is 26.1. The summed E-state index contributed by atoms with van der Waals surface area (Å²) in [6.07, 6.45) is 2.28. The lowest BCUT2D eigenvalue weighted by atomic mass is 9.85. The van der Waals surface area contributed by atoms with Crippen molar-refractivity contribution in [1.29, 1.82) is 0 Å². The molecule has 2 heterocycles. The Hall–Kier alpha value is -2.87. The smallest absolute Gasteiger partial charge is 0.258 e. The molecule has 1 N–H and O–H groups in total. The number of hydrogen-bond donors (Lipinski definition) is 1. The summed E-state index contributed by atoms with van der Waals surface area (Å²) in [5.41, 5.74) is 0.998. The van der Waals surface area contributed by atoms with Crippen molar-refractivity contribution in [3.8, 4) is 11.5 Å². The minimum atomic E-state index is -0.641. The summed E-state index contributed by atoms with van der Waals surface area (Å²) < 4.78 is 26.4. The number of fused-ring (bicyclic) bond motifs is 1. The first-order valence-corrected chi connectivity index (χ1v) is 12.7. The largest absolute Gasteiger partial charge is 0.497 e.